The molecule has 0 spiro atoms. The molecule has 0 aromatic heterocycles. The lowest BCUT2D eigenvalue weighted by Gasteiger charge is -2.41. The van der Waals surface area contributed by atoms with Crippen LogP contribution in [0.25, 0.3) is 0 Å². The molecule has 2 fully saturated rings. The molecule has 2 unspecified atom stereocenters. The highest BCUT2D eigenvalue weighted by Gasteiger charge is 2.41. The molecule has 0 bridgehead atoms. The van der Waals surface area contributed by atoms with Crippen LogP contribution in [0.4, 0.5) is 0 Å². The lowest BCUT2D eigenvalue weighted by molar-refractivity contribution is -0.0592. The number of nitrogens with one attached hydrogen (secondary N) is 1. The van der Waals surface area contributed by atoms with Crippen LogP contribution in [0.1, 0.15) is 71.6 Å². The molecule has 3 aliphatic rings. The van der Waals surface area contributed by atoms with Crippen molar-refractivity contribution >= 4 is 0 Å². The molecule has 0 aromatic carbocycles. The van der Waals surface area contributed by atoms with E-state index in [1.54, 1.807) is 0 Å². The zero-order valence-corrected chi connectivity index (χ0v) is 14.9. The highest BCUT2D eigenvalue weighted by atomic mass is 16.3. The van der Waals surface area contributed by atoms with Gasteiger partial charge in [-0.2, -0.15) is 0 Å². The van der Waals surface area contributed by atoms with Crippen LogP contribution >= 0.6 is 0 Å². The first-order chi connectivity index (χ1) is 11.0. The molecule has 1 heterocycles. The molecule has 0 saturated heterocycles. The first-order valence-corrected chi connectivity index (χ1v) is 9.81. The molecule has 23 heavy (non-hydrogen) atoms. The smallest absolute Gasteiger partial charge is 0.0902 e. The van der Waals surface area contributed by atoms with Gasteiger partial charge in [-0.1, -0.05) is 26.7 Å². The number of hydrogen-bond acceptors (Lipinski definition) is 3. The Morgan fingerprint density at radius 3 is 2.26 bits per heavy atom. The summed E-state index contributed by atoms with van der Waals surface area (Å²) in [7, 11) is 0. The minimum absolute atomic E-state index is 0.152. The van der Waals surface area contributed by atoms with E-state index in [-0.39, 0.29) is 5.92 Å². The second-order valence-corrected chi connectivity index (χ2v) is 8.80. The third-order valence-electron chi connectivity index (χ3n) is 6.90. The molecule has 0 aromatic rings. The lowest BCUT2D eigenvalue weighted by atomic mass is 9.71. The van der Waals surface area contributed by atoms with Crippen molar-refractivity contribution in [2.24, 2.45) is 23.7 Å². The van der Waals surface area contributed by atoms with Gasteiger partial charge in [-0.3, -0.25) is 0 Å². The fourth-order valence-corrected chi connectivity index (χ4v) is 4.94. The highest BCUT2D eigenvalue weighted by Crippen LogP contribution is 2.40. The van der Waals surface area contributed by atoms with Crippen molar-refractivity contribution in [1.82, 2.24) is 5.32 Å². The Morgan fingerprint density at radius 1 is 1.00 bits per heavy atom. The summed E-state index contributed by atoms with van der Waals surface area (Å²) in [4.78, 5) is 0. The van der Waals surface area contributed by atoms with E-state index in [2.05, 4.69) is 25.2 Å². The van der Waals surface area contributed by atoms with Gasteiger partial charge in [0, 0.05) is 24.9 Å². The van der Waals surface area contributed by atoms with E-state index >= 15 is 0 Å². The Hall–Kier alpha value is -0.540. The average molecular weight is 322 g/mol. The molecule has 1 aliphatic heterocycles. The molecule has 0 amide bonds. The normalized spacial score (nSPS) is 46.0. The maximum absolute atomic E-state index is 11.1. The molecule has 132 valence electrons. The zero-order valence-electron chi connectivity index (χ0n) is 14.9. The summed E-state index contributed by atoms with van der Waals surface area (Å²) in [5.74, 6) is 2.88. The second-order valence-electron chi connectivity index (χ2n) is 8.80. The Balaban J connectivity index is 1.62. The molecule has 3 rings (SSSR count). The average Bonchev–Trinajstić information content (AvgIpc) is 2.73. The molecule has 2 saturated carbocycles. The SMILES string of the molecule is CC1CCC(C2C=C(O)CC(C3(O)CCC(C)CC3)CN2)CC1. The minimum Gasteiger partial charge on any atom is -0.513 e. The van der Waals surface area contributed by atoms with E-state index in [1.165, 1.54) is 25.7 Å². The molecule has 3 nitrogen and oxygen atoms in total. The number of rotatable bonds is 2. The highest BCUT2D eigenvalue weighted by molar-refractivity contribution is 5.09. The van der Waals surface area contributed by atoms with Gasteiger partial charge in [0.2, 0.25) is 0 Å². The first-order valence-electron chi connectivity index (χ1n) is 9.81. The Morgan fingerprint density at radius 2 is 1.61 bits per heavy atom. The fraction of sp³-hybridized carbons (Fsp3) is 0.900. The minimum atomic E-state index is -0.586. The van der Waals surface area contributed by atoms with Crippen molar-refractivity contribution < 1.29 is 10.2 Å². The quantitative estimate of drug-likeness (QED) is 0.715. The van der Waals surface area contributed by atoms with Crippen LogP contribution in [0, 0.1) is 23.7 Å². The summed E-state index contributed by atoms with van der Waals surface area (Å²) in [5.41, 5.74) is -0.586. The van der Waals surface area contributed by atoms with Crippen molar-refractivity contribution in [2.45, 2.75) is 83.3 Å². The molecular weight excluding hydrogens is 286 g/mol. The standard InChI is InChI=1S/C20H35NO2/c1-14-3-5-16(6-4-14)19-12-18(22)11-17(13-21-19)20(23)9-7-15(2)8-10-20/h12,14-17,19,21-23H,3-11,13H2,1-2H3. The van der Waals surface area contributed by atoms with Crippen molar-refractivity contribution in [2.75, 3.05) is 6.54 Å². The Kier molecular flexibility index (Phi) is 5.37. The summed E-state index contributed by atoms with van der Waals surface area (Å²) in [6.07, 6.45) is 11.8. The number of hydrogen-bond donors (Lipinski definition) is 3. The summed E-state index contributed by atoms with van der Waals surface area (Å²) < 4.78 is 0. The van der Waals surface area contributed by atoms with E-state index in [0.29, 0.717) is 24.1 Å². The molecule has 3 N–H and O–H groups in total. The van der Waals surface area contributed by atoms with Crippen LogP contribution in [0.3, 0.4) is 0 Å². The molecule has 2 atom stereocenters. The van der Waals surface area contributed by atoms with Crippen molar-refractivity contribution in [1.29, 1.82) is 0 Å². The van der Waals surface area contributed by atoms with Crippen molar-refractivity contribution in [3.63, 3.8) is 0 Å². The number of aliphatic hydroxyl groups is 2. The van der Waals surface area contributed by atoms with Gasteiger partial charge in [0.25, 0.3) is 0 Å². The van der Waals surface area contributed by atoms with Gasteiger partial charge in [0.05, 0.1) is 11.4 Å². The van der Waals surface area contributed by atoms with Crippen LogP contribution in [-0.2, 0) is 0 Å². The number of aliphatic hydroxyl groups excluding tert-OH is 1. The zero-order chi connectivity index (χ0) is 16.4. The second kappa shape index (κ2) is 7.14. The van der Waals surface area contributed by atoms with E-state index in [1.807, 2.05) is 0 Å². The van der Waals surface area contributed by atoms with Crippen LogP contribution in [-0.4, -0.2) is 28.4 Å². The Bertz CT molecular complexity index is 417. The summed E-state index contributed by atoms with van der Waals surface area (Å²) in [5, 5.41) is 25.2. The van der Waals surface area contributed by atoms with Crippen molar-refractivity contribution in [3.8, 4) is 0 Å². The maximum Gasteiger partial charge on any atom is 0.0902 e. The van der Waals surface area contributed by atoms with E-state index in [9.17, 15) is 10.2 Å². The monoisotopic (exact) mass is 321 g/mol. The summed E-state index contributed by atoms with van der Waals surface area (Å²) in [6, 6.07) is 0.290. The predicted octanol–water partition coefficient (Wildman–Crippen LogP) is 4.17. The van der Waals surface area contributed by atoms with Gasteiger partial charge in [-0.05, 0) is 62.4 Å². The van der Waals surface area contributed by atoms with Crippen LogP contribution in [0.2, 0.25) is 0 Å². The topological polar surface area (TPSA) is 52.5 Å². The van der Waals surface area contributed by atoms with Crippen molar-refractivity contribution in [3.05, 3.63) is 11.8 Å². The largest absolute Gasteiger partial charge is 0.513 e. The first kappa shape index (κ1) is 17.3. The van der Waals surface area contributed by atoms with Gasteiger partial charge in [-0.25, -0.2) is 0 Å². The lowest BCUT2D eigenvalue weighted by Crippen LogP contribution is -2.47. The third-order valence-corrected chi connectivity index (χ3v) is 6.90. The van der Waals surface area contributed by atoms with Crippen LogP contribution in [0.5, 0.6) is 0 Å². The van der Waals surface area contributed by atoms with E-state index < -0.39 is 5.60 Å². The van der Waals surface area contributed by atoms with E-state index in [4.69, 9.17) is 0 Å². The van der Waals surface area contributed by atoms with Gasteiger partial charge in [0.15, 0.2) is 0 Å². The van der Waals surface area contributed by atoms with Gasteiger partial charge < -0.3 is 15.5 Å². The molecule has 2 aliphatic carbocycles. The maximum atomic E-state index is 11.1. The van der Waals surface area contributed by atoms with E-state index in [0.717, 1.165) is 44.1 Å². The number of allylic oxidation sites excluding steroid dienone is 1. The molecule has 0 radical (unpaired) electrons. The molecular formula is C20H35NO2. The fourth-order valence-electron chi connectivity index (χ4n) is 4.94. The van der Waals surface area contributed by atoms with Gasteiger partial charge in [0.1, 0.15) is 0 Å². The van der Waals surface area contributed by atoms with Crippen LogP contribution in [0.15, 0.2) is 11.8 Å². The summed E-state index contributed by atoms with van der Waals surface area (Å²) >= 11 is 0. The molecule has 3 heteroatoms. The predicted molar refractivity (Wildman–Crippen MR) is 94.3 cm³/mol. The van der Waals surface area contributed by atoms with Crippen LogP contribution < -0.4 is 5.32 Å². The van der Waals surface area contributed by atoms with Gasteiger partial charge in [-0.15, -0.1) is 0 Å². The summed E-state index contributed by atoms with van der Waals surface area (Å²) in [6.45, 7) is 5.46. The van der Waals surface area contributed by atoms with Gasteiger partial charge >= 0.3 is 0 Å². The Labute approximate surface area is 141 Å². The third kappa shape index (κ3) is 4.11.